The van der Waals surface area contributed by atoms with Crippen LogP contribution in [0.2, 0.25) is 15.1 Å². The molecule has 0 aliphatic heterocycles. The molecular formula is C11H5Cl3FN. The van der Waals surface area contributed by atoms with Gasteiger partial charge in [-0.3, -0.25) is 4.98 Å². The number of aromatic nitrogens is 1. The molecule has 1 nitrogen and oxygen atoms in total. The molecule has 0 unspecified atom stereocenters. The van der Waals surface area contributed by atoms with Crippen LogP contribution in [0, 0.1) is 5.82 Å². The van der Waals surface area contributed by atoms with Crippen molar-refractivity contribution < 1.29 is 4.39 Å². The highest BCUT2D eigenvalue weighted by atomic mass is 35.5. The minimum atomic E-state index is -0.508. The van der Waals surface area contributed by atoms with Crippen molar-refractivity contribution in [2.45, 2.75) is 0 Å². The van der Waals surface area contributed by atoms with Crippen molar-refractivity contribution in [1.82, 2.24) is 4.98 Å². The molecule has 2 rings (SSSR count). The van der Waals surface area contributed by atoms with E-state index in [-0.39, 0.29) is 10.7 Å². The molecule has 0 aliphatic rings. The van der Waals surface area contributed by atoms with Gasteiger partial charge in [-0.15, -0.1) is 0 Å². The van der Waals surface area contributed by atoms with E-state index in [9.17, 15) is 4.39 Å². The van der Waals surface area contributed by atoms with Crippen LogP contribution in [0.5, 0.6) is 0 Å². The number of rotatable bonds is 1. The summed E-state index contributed by atoms with van der Waals surface area (Å²) in [7, 11) is 0. The number of nitrogens with zero attached hydrogens (tertiary/aromatic N) is 1. The fraction of sp³-hybridized carbons (Fsp3) is 0. The first-order valence-electron chi connectivity index (χ1n) is 4.34. The monoisotopic (exact) mass is 275 g/mol. The van der Waals surface area contributed by atoms with Gasteiger partial charge in [-0.25, -0.2) is 4.39 Å². The van der Waals surface area contributed by atoms with Crippen molar-refractivity contribution in [3.63, 3.8) is 0 Å². The Morgan fingerprint density at radius 3 is 2.06 bits per heavy atom. The quantitative estimate of drug-likeness (QED) is 0.725. The fourth-order valence-electron chi connectivity index (χ4n) is 1.32. The van der Waals surface area contributed by atoms with Gasteiger partial charge >= 0.3 is 0 Å². The van der Waals surface area contributed by atoms with Gasteiger partial charge < -0.3 is 0 Å². The standard InChI is InChI=1S/C11H5Cl3FN/c12-7-1-6(2-8(13)3-7)11-10(15)4-9(14)5-16-11/h1-5H. The maximum Gasteiger partial charge on any atom is 0.150 e. The average molecular weight is 277 g/mol. The van der Waals surface area contributed by atoms with Crippen LogP contribution in [0.1, 0.15) is 0 Å². The molecule has 1 aromatic heterocycles. The predicted molar refractivity (Wildman–Crippen MR) is 64.7 cm³/mol. The average Bonchev–Trinajstić information content (AvgIpc) is 2.15. The normalized spacial score (nSPS) is 10.5. The van der Waals surface area contributed by atoms with Crippen LogP contribution in [0.4, 0.5) is 4.39 Å². The van der Waals surface area contributed by atoms with E-state index in [2.05, 4.69) is 4.98 Å². The Morgan fingerprint density at radius 2 is 1.50 bits per heavy atom. The van der Waals surface area contributed by atoms with Crippen molar-refractivity contribution >= 4 is 34.8 Å². The van der Waals surface area contributed by atoms with Crippen LogP contribution < -0.4 is 0 Å². The predicted octanol–water partition coefficient (Wildman–Crippen LogP) is 4.85. The molecule has 1 heterocycles. The topological polar surface area (TPSA) is 12.9 Å². The van der Waals surface area contributed by atoms with E-state index in [0.717, 1.165) is 0 Å². The summed E-state index contributed by atoms with van der Waals surface area (Å²) in [6.07, 6.45) is 1.37. The minimum Gasteiger partial charge on any atom is -0.252 e. The summed E-state index contributed by atoms with van der Waals surface area (Å²) in [5.74, 6) is -0.508. The van der Waals surface area contributed by atoms with Gasteiger partial charge in [0.2, 0.25) is 0 Å². The summed E-state index contributed by atoms with van der Waals surface area (Å²) in [6.45, 7) is 0. The number of hydrogen-bond acceptors (Lipinski definition) is 1. The second-order valence-corrected chi connectivity index (χ2v) is 4.45. The van der Waals surface area contributed by atoms with Gasteiger partial charge in [-0.05, 0) is 24.3 Å². The Hall–Kier alpha value is -0.830. The van der Waals surface area contributed by atoms with Crippen molar-refractivity contribution in [3.8, 4) is 11.3 Å². The summed E-state index contributed by atoms with van der Waals surface area (Å²) in [4.78, 5) is 3.91. The van der Waals surface area contributed by atoms with Crippen LogP contribution in [-0.4, -0.2) is 4.98 Å². The lowest BCUT2D eigenvalue weighted by molar-refractivity contribution is 0.626. The minimum absolute atomic E-state index is 0.175. The van der Waals surface area contributed by atoms with Crippen molar-refractivity contribution in [2.75, 3.05) is 0 Å². The lowest BCUT2D eigenvalue weighted by Crippen LogP contribution is -1.89. The highest BCUT2D eigenvalue weighted by Crippen LogP contribution is 2.28. The molecule has 0 bridgehead atoms. The van der Waals surface area contributed by atoms with Gasteiger partial charge in [-0.2, -0.15) is 0 Å². The highest BCUT2D eigenvalue weighted by molar-refractivity contribution is 6.35. The fourth-order valence-corrected chi connectivity index (χ4v) is 1.99. The summed E-state index contributed by atoms with van der Waals surface area (Å²) in [5, 5.41) is 1.10. The van der Waals surface area contributed by atoms with Crippen molar-refractivity contribution in [1.29, 1.82) is 0 Å². The molecule has 0 amide bonds. The molecule has 0 radical (unpaired) electrons. The molecule has 0 atom stereocenters. The second kappa shape index (κ2) is 4.58. The van der Waals surface area contributed by atoms with Crippen molar-refractivity contribution in [3.05, 3.63) is 51.3 Å². The number of benzene rings is 1. The lowest BCUT2D eigenvalue weighted by atomic mass is 10.1. The van der Waals surface area contributed by atoms with Crippen LogP contribution >= 0.6 is 34.8 Å². The van der Waals surface area contributed by atoms with Gasteiger partial charge in [0, 0.05) is 21.8 Å². The Kier molecular flexibility index (Phi) is 3.33. The van der Waals surface area contributed by atoms with E-state index in [4.69, 9.17) is 34.8 Å². The molecule has 2 aromatic rings. The van der Waals surface area contributed by atoms with Gasteiger partial charge in [0.25, 0.3) is 0 Å². The zero-order valence-electron chi connectivity index (χ0n) is 7.85. The Balaban J connectivity index is 2.58. The summed E-state index contributed by atoms with van der Waals surface area (Å²) in [5.41, 5.74) is 0.695. The van der Waals surface area contributed by atoms with Crippen LogP contribution in [0.15, 0.2) is 30.5 Å². The number of hydrogen-bond donors (Lipinski definition) is 0. The molecule has 0 spiro atoms. The Bertz CT molecular complexity index is 522. The van der Waals surface area contributed by atoms with Crippen LogP contribution in [0.25, 0.3) is 11.3 Å². The van der Waals surface area contributed by atoms with Gasteiger partial charge in [0.15, 0.2) is 5.82 Å². The van der Waals surface area contributed by atoms with E-state index in [0.29, 0.717) is 15.6 Å². The smallest absolute Gasteiger partial charge is 0.150 e. The van der Waals surface area contributed by atoms with Gasteiger partial charge in [0.05, 0.1) is 5.02 Å². The van der Waals surface area contributed by atoms with Crippen LogP contribution in [-0.2, 0) is 0 Å². The second-order valence-electron chi connectivity index (χ2n) is 3.14. The maximum absolute atomic E-state index is 13.6. The summed E-state index contributed by atoms with van der Waals surface area (Å²) < 4.78 is 13.6. The summed E-state index contributed by atoms with van der Waals surface area (Å²) >= 11 is 17.3. The molecule has 0 saturated carbocycles. The molecule has 0 saturated heterocycles. The lowest BCUT2D eigenvalue weighted by Gasteiger charge is -2.04. The first-order chi connectivity index (χ1) is 7.56. The molecule has 0 aliphatic carbocycles. The largest absolute Gasteiger partial charge is 0.252 e. The number of pyridine rings is 1. The van der Waals surface area contributed by atoms with E-state index >= 15 is 0 Å². The van der Waals surface area contributed by atoms with Crippen molar-refractivity contribution in [2.24, 2.45) is 0 Å². The third-order valence-corrected chi connectivity index (χ3v) is 2.59. The van der Waals surface area contributed by atoms with E-state index in [1.54, 1.807) is 18.2 Å². The molecule has 0 fully saturated rings. The zero-order valence-corrected chi connectivity index (χ0v) is 10.1. The molecule has 5 heteroatoms. The number of halogens is 4. The Morgan fingerprint density at radius 1 is 0.875 bits per heavy atom. The molecule has 16 heavy (non-hydrogen) atoms. The van der Waals surface area contributed by atoms with E-state index in [1.165, 1.54) is 12.3 Å². The summed E-state index contributed by atoms with van der Waals surface area (Å²) in [6, 6.07) is 5.94. The third-order valence-electron chi connectivity index (χ3n) is 1.94. The SMILES string of the molecule is Fc1cc(Cl)cnc1-c1cc(Cl)cc(Cl)c1. The zero-order chi connectivity index (χ0) is 11.7. The van der Waals surface area contributed by atoms with Gasteiger partial charge in [-0.1, -0.05) is 34.8 Å². The van der Waals surface area contributed by atoms with Crippen LogP contribution in [0.3, 0.4) is 0 Å². The molecular weight excluding hydrogens is 271 g/mol. The third kappa shape index (κ3) is 2.46. The molecule has 0 N–H and O–H groups in total. The molecule has 82 valence electrons. The highest BCUT2D eigenvalue weighted by Gasteiger charge is 2.09. The van der Waals surface area contributed by atoms with Gasteiger partial charge in [0.1, 0.15) is 5.69 Å². The van der Waals surface area contributed by atoms with E-state index < -0.39 is 5.82 Å². The first kappa shape index (κ1) is 11.6. The maximum atomic E-state index is 13.6. The molecule has 1 aromatic carbocycles. The van der Waals surface area contributed by atoms with E-state index in [1.807, 2.05) is 0 Å². The Labute approximate surface area is 107 Å². The first-order valence-corrected chi connectivity index (χ1v) is 5.47.